The fourth-order valence-corrected chi connectivity index (χ4v) is 2.86. The molecule has 0 bridgehead atoms. The Morgan fingerprint density at radius 1 is 1.31 bits per heavy atom. The molecule has 4 heteroatoms. The first kappa shape index (κ1) is 11.9. The van der Waals surface area contributed by atoms with Crippen LogP contribution >= 0.6 is 0 Å². The summed E-state index contributed by atoms with van der Waals surface area (Å²) >= 11 is 0. The Labute approximate surface area is 98.0 Å². The van der Waals surface area contributed by atoms with Crippen LogP contribution in [0, 0.1) is 5.41 Å². The number of hydrogen-bond donors (Lipinski definition) is 1. The van der Waals surface area contributed by atoms with Crippen molar-refractivity contribution in [1.82, 2.24) is 15.1 Å². The highest BCUT2D eigenvalue weighted by atomic mass is 16.2. The molecule has 1 amide bonds. The molecule has 0 aliphatic carbocycles. The maximum absolute atomic E-state index is 11.6. The van der Waals surface area contributed by atoms with Gasteiger partial charge in [0, 0.05) is 18.5 Å². The molecular weight excluding hydrogens is 202 g/mol. The molecule has 2 fully saturated rings. The van der Waals surface area contributed by atoms with E-state index < -0.39 is 0 Å². The van der Waals surface area contributed by atoms with Gasteiger partial charge in [-0.15, -0.1) is 0 Å². The lowest BCUT2D eigenvalue weighted by Crippen LogP contribution is -2.62. The van der Waals surface area contributed by atoms with E-state index in [9.17, 15) is 4.79 Å². The van der Waals surface area contributed by atoms with Gasteiger partial charge in [-0.2, -0.15) is 0 Å². The van der Waals surface area contributed by atoms with Crippen molar-refractivity contribution in [1.29, 1.82) is 0 Å². The standard InChI is InChI=1S/C12H23N3O/c1-3-14-6-4-12(5-7-14)9-15(10-12)11(16)8-13-2/h13H,3-10H2,1-2H3. The van der Waals surface area contributed by atoms with Gasteiger partial charge in [0.15, 0.2) is 0 Å². The van der Waals surface area contributed by atoms with Crippen LogP contribution < -0.4 is 5.32 Å². The molecule has 2 saturated heterocycles. The average Bonchev–Trinajstić information content (AvgIpc) is 2.26. The molecule has 2 aliphatic heterocycles. The van der Waals surface area contributed by atoms with Crippen LogP contribution in [0.2, 0.25) is 0 Å². The number of nitrogens with zero attached hydrogens (tertiary/aromatic N) is 2. The molecule has 0 radical (unpaired) electrons. The van der Waals surface area contributed by atoms with Crippen molar-refractivity contribution in [3.05, 3.63) is 0 Å². The predicted molar refractivity (Wildman–Crippen MR) is 64.3 cm³/mol. The fourth-order valence-electron chi connectivity index (χ4n) is 2.86. The minimum Gasteiger partial charge on any atom is -0.340 e. The maximum Gasteiger partial charge on any atom is 0.236 e. The van der Waals surface area contributed by atoms with Crippen molar-refractivity contribution in [3.8, 4) is 0 Å². The quantitative estimate of drug-likeness (QED) is 0.743. The second-order valence-corrected chi connectivity index (χ2v) is 5.21. The third kappa shape index (κ3) is 2.23. The second kappa shape index (κ2) is 4.72. The van der Waals surface area contributed by atoms with Gasteiger partial charge in [-0.25, -0.2) is 0 Å². The van der Waals surface area contributed by atoms with Gasteiger partial charge in [-0.05, 0) is 39.5 Å². The number of nitrogens with one attached hydrogen (secondary N) is 1. The number of piperidine rings is 1. The molecule has 2 rings (SSSR count). The Kier molecular flexibility index (Phi) is 3.50. The Morgan fingerprint density at radius 3 is 2.44 bits per heavy atom. The Hall–Kier alpha value is -0.610. The van der Waals surface area contributed by atoms with Gasteiger partial charge in [0.05, 0.1) is 6.54 Å². The molecule has 0 atom stereocenters. The van der Waals surface area contributed by atoms with Crippen molar-refractivity contribution in [2.45, 2.75) is 19.8 Å². The summed E-state index contributed by atoms with van der Waals surface area (Å²) in [7, 11) is 1.83. The summed E-state index contributed by atoms with van der Waals surface area (Å²) in [6.45, 7) is 8.28. The van der Waals surface area contributed by atoms with Crippen molar-refractivity contribution < 1.29 is 4.79 Å². The average molecular weight is 225 g/mol. The first-order valence-corrected chi connectivity index (χ1v) is 6.34. The summed E-state index contributed by atoms with van der Waals surface area (Å²) in [4.78, 5) is 16.1. The van der Waals surface area contributed by atoms with Gasteiger partial charge >= 0.3 is 0 Å². The van der Waals surface area contributed by atoms with E-state index in [4.69, 9.17) is 0 Å². The number of likely N-dealkylation sites (N-methyl/N-ethyl adjacent to an activating group) is 1. The van der Waals surface area contributed by atoms with Crippen LogP contribution in [0.1, 0.15) is 19.8 Å². The summed E-state index contributed by atoms with van der Waals surface area (Å²) in [6.07, 6.45) is 2.54. The molecule has 2 heterocycles. The molecule has 16 heavy (non-hydrogen) atoms. The summed E-state index contributed by atoms with van der Waals surface area (Å²) in [6, 6.07) is 0. The molecule has 0 aromatic carbocycles. The number of likely N-dealkylation sites (tertiary alicyclic amines) is 2. The van der Waals surface area contributed by atoms with Crippen LogP contribution in [0.3, 0.4) is 0 Å². The fraction of sp³-hybridized carbons (Fsp3) is 0.917. The van der Waals surface area contributed by atoms with E-state index in [2.05, 4.69) is 17.1 Å². The van der Waals surface area contributed by atoms with Gasteiger partial charge in [0.2, 0.25) is 5.91 Å². The molecule has 0 saturated carbocycles. The Bertz CT molecular complexity index is 251. The van der Waals surface area contributed by atoms with Gasteiger partial charge in [-0.1, -0.05) is 6.92 Å². The van der Waals surface area contributed by atoms with Crippen LogP contribution in [0.5, 0.6) is 0 Å². The van der Waals surface area contributed by atoms with Crippen molar-refractivity contribution in [2.75, 3.05) is 46.3 Å². The van der Waals surface area contributed by atoms with Crippen LogP contribution in [0.25, 0.3) is 0 Å². The normalized spacial score (nSPS) is 24.5. The predicted octanol–water partition coefficient (Wildman–Crippen LogP) is 0.150. The summed E-state index contributed by atoms with van der Waals surface area (Å²) in [5.41, 5.74) is 0.467. The zero-order chi connectivity index (χ0) is 11.6. The number of carbonyl (C=O) groups is 1. The van der Waals surface area contributed by atoms with E-state index >= 15 is 0 Å². The summed E-state index contributed by atoms with van der Waals surface area (Å²) in [5, 5.41) is 2.92. The number of carbonyl (C=O) groups excluding carboxylic acids is 1. The van der Waals surface area contributed by atoms with E-state index in [1.165, 1.54) is 32.5 Å². The monoisotopic (exact) mass is 225 g/mol. The highest BCUT2D eigenvalue weighted by Crippen LogP contribution is 2.40. The van der Waals surface area contributed by atoms with Gasteiger partial charge in [0.25, 0.3) is 0 Å². The lowest BCUT2D eigenvalue weighted by Gasteiger charge is -2.54. The highest BCUT2D eigenvalue weighted by Gasteiger charge is 2.45. The number of rotatable bonds is 3. The zero-order valence-electron chi connectivity index (χ0n) is 10.5. The summed E-state index contributed by atoms with van der Waals surface area (Å²) in [5.74, 6) is 0.256. The second-order valence-electron chi connectivity index (χ2n) is 5.21. The van der Waals surface area contributed by atoms with Gasteiger partial charge in [-0.3, -0.25) is 4.79 Å². The van der Waals surface area contributed by atoms with E-state index in [-0.39, 0.29) is 5.91 Å². The van der Waals surface area contributed by atoms with E-state index in [1.54, 1.807) is 0 Å². The third-order valence-electron chi connectivity index (χ3n) is 4.10. The lowest BCUT2D eigenvalue weighted by molar-refractivity contribution is -0.145. The molecule has 4 nitrogen and oxygen atoms in total. The SMILES string of the molecule is CCN1CCC2(CC1)CN(C(=O)CNC)C2. The molecule has 92 valence electrons. The van der Waals surface area contributed by atoms with Gasteiger partial charge < -0.3 is 15.1 Å². The first-order valence-electron chi connectivity index (χ1n) is 6.34. The smallest absolute Gasteiger partial charge is 0.236 e. The highest BCUT2D eigenvalue weighted by molar-refractivity contribution is 5.79. The maximum atomic E-state index is 11.6. The van der Waals surface area contributed by atoms with Crippen molar-refractivity contribution in [2.24, 2.45) is 5.41 Å². The molecule has 1 spiro atoms. The molecule has 0 aromatic rings. The number of amides is 1. The van der Waals surface area contributed by atoms with Crippen LogP contribution in [-0.2, 0) is 4.79 Å². The molecule has 2 aliphatic rings. The van der Waals surface area contributed by atoms with Crippen molar-refractivity contribution in [3.63, 3.8) is 0 Å². The molecule has 0 unspecified atom stereocenters. The zero-order valence-corrected chi connectivity index (χ0v) is 10.5. The molecule has 0 aromatic heterocycles. The number of hydrogen-bond acceptors (Lipinski definition) is 3. The first-order chi connectivity index (χ1) is 7.69. The summed E-state index contributed by atoms with van der Waals surface area (Å²) < 4.78 is 0. The third-order valence-corrected chi connectivity index (χ3v) is 4.10. The van der Waals surface area contributed by atoms with Crippen LogP contribution in [0.15, 0.2) is 0 Å². The largest absolute Gasteiger partial charge is 0.340 e. The van der Waals surface area contributed by atoms with E-state index in [1.807, 2.05) is 11.9 Å². The molecular formula is C12H23N3O. The van der Waals surface area contributed by atoms with Crippen molar-refractivity contribution >= 4 is 5.91 Å². The minimum absolute atomic E-state index is 0.256. The van der Waals surface area contributed by atoms with Crippen LogP contribution in [0.4, 0.5) is 0 Å². The van der Waals surface area contributed by atoms with Gasteiger partial charge in [0.1, 0.15) is 0 Å². The lowest BCUT2D eigenvalue weighted by atomic mass is 9.72. The van der Waals surface area contributed by atoms with Crippen LogP contribution in [-0.4, -0.2) is 62.0 Å². The van der Waals surface area contributed by atoms with E-state index in [0.717, 1.165) is 13.1 Å². The minimum atomic E-state index is 0.256. The molecule has 1 N–H and O–H groups in total. The topological polar surface area (TPSA) is 35.6 Å². The van der Waals surface area contributed by atoms with E-state index in [0.29, 0.717) is 12.0 Å². The Morgan fingerprint density at radius 2 is 1.94 bits per heavy atom. The Balaban J connectivity index is 1.77.